The molecule has 1 aromatic heterocycles. The van der Waals surface area contributed by atoms with E-state index in [1.165, 1.54) is 0 Å². The number of rotatable bonds is 7. The second kappa shape index (κ2) is 8.29. The molecule has 1 aromatic rings. The van der Waals surface area contributed by atoms with Gasteiger partial charge in [0.25, 0.3) is 5.88 Å². The van der Waals surface area contributed by atoms with Crippen LogP contribution in [0.1, 0.15) is 26.7 Å². The first kappa shape index (κ1) is 17.0. The van der Waals surface area contributed by atoms with Gasteiger partial charge in [0.1, 0.15) is 0 Å². The summed E-state index contributed by atoms with van der Waals surface area (Å²) < 4.78 is 5.56. The number of aliphatic hydroxyl groups is 1. The number of hydrogen-bond acceptors (Lipinski definition) is 6. The molecule has 0 radical (unpaired) electrons. The van der Waals surface area contributed by atoms with Crippen molar-refractivity contribution in [2.75, 3.05) is 44.7 Å². The maximum absolute atomic E-state index is 9.47. The van der Waals surface area contributed by atoms with Crippen LogP contribution >= 0.6 is 0 Å². The van der Waals surface area contributed by atoms with Gasteiger partial charge in [0.15, 0.2) is 5.82 Å². The topological polar surface area (TPSA) is 61.7 Å². The number of β-amino-alcohol motifs (C(OH)–C–C–N with tert-alkyl or cyclic N) is 1. The Morgan fingerprint density at radius 2 is 2.05 bits per heavy atom. The summed E-state index contributed by atoms with van der Waals surface area (Å²) >= 11 is 0. The minimum Gasteiger partial charge on any atom is -0.475 e. The Morgan fingerprint density at radius 1 is 1.36 bits per heavy atom. The second-order valence-corrected chi connectivity index (χ2v) is 6.09. The number of piperidine rings is 1. The lowest BCUT2D eigenvalue weighted by Gasteiger charge is -2.34. The molecule has 0 aromatic carbocycles. The molecule has 1 aliphatic rings. The molecule has 0 spiro atoms. The molecule has 0 saturated carbocycles. The molecule has 6 nitrogen and oxygen atoms in total. The van der Waals surface area contributed by atoms with Crippen LogP contribution < -0.4 is 9.64 Å². The van der Waals surface area contributed by atoms with Crippen LogP contribution in [0.5, 0.6) is 5.88 Å². The lowest BCUT2D eigenvalue weighted by atomic mass is 9.96. The van der Waals surface area contributed by atoms with E-state index in [4.69, 9.17) is 4.74 Å². The predicted molar refractivity (Wildman–Crippen MR) is 87.3 cm³/mol. The molecule has 2 heterocycles. The van der Waals surface area contributed by atoms with E-state index >= 15 is 0 Å². The number of nitrogens with zero attached hydrogens (tertiary/aromatic N) is 4. The highest BCUT2D eigenvalue weighted by Crippen LogP contribution is 2.25. The first-order valence-corrected chi connectivity index (χ1v) is 8.15. The van der Waals surface area contributed by atoms with Crippen LogP contribution in [-0.4, -0.2) is 65.9 Å². The van der Waals surface area contributed by atoms with Crippen molar-refractivity contribution >= 4 is 5.82 Å². The fraction of sp³-hybridized carbons (Fsp3) is 0.750. The largest absolute Gasteiger partial charge is 0.475 e. The van der Waals surface area contributed by atoms with Crippen molar-refractivity contribution in [2.24, 2.45) is 5.92 Å². The van der Waals surface area contributed by atoms with E-state index in [9.17, 15) is 5.11 Å². The fourth-order valence-corrected chi connectivity index (χ4v) is 3.02. The zero-order valence-corrected chi connectivity index (χ0v) is 13.9. The first-order chi connectivity index (χ1) is 10.6. The van der Waals surface area contributed by atoms with Crippen LogP contribution in [0.2, 0.25) is 0 Å². The Morgan fingerprint density at radius 3 is 2.68 bits per heavy atom. The maximum Gasteiger partial charge on any atom is 0.257 e. The molecule has 1 unspecified atom stereocenters. The van der Waals surface area contributed by atoms with Gasteiger partial charge in [0.05, 0.1) is 12.7 Å². The molecule has 1 aliphatic heterocycles. The van der Waals surface area contributed by atoms with Crippen molar-refractivity contribution in [1.29, 1.82) is 0 Å². The lowest BCUT2D eigenvalue weighted by molar-refractivity contribution is 0.101. The summed E-state index contributed by atoms with van der Waals surface area (Å²) in [6.45, 7) is 8.25. The Kier molecular flexibility index (Phi) is 6.39. The standard InChI is InChI=1S/C16H28N4O2/c1-4-22-16-15(17-7-8-18-16)19(3)12-14-5-9-20(10-6-14)11-13(2)21/h7-8,13-14,21H,4-6,9-12H2,1-3H3. The van der Waals surface area contributed by atoms with Crippen molar-refractivity contribution in [3.05, 3.63) is 12.4 Å². The molecule has 124 valence electrons. The number of aromatic nitrogens is 2. The van der Waals surface area contributed by atoms with E-state index in [-0.39, 0.29) is 6.10 Å². The summed E-state index contributed by atoms with van der Waals surface area (Å²) in [6.07, 6.45) is 5.44. The van der Waals surface area contributed by atoms with Gasteiger partial charge in [0, 0.05) is 32.5 Å². The van der Waals surface area contributed by atoms with Gasteiger partial charge >= 0.3 is 0 Å². The monoisotopic (exact) mass is 308 g/mol. The summed E-state index contributed by atoms with van der Waals surface area (Å²) in [4.78, 5) is 13.2. The first-order valence-electron chi connectivity index (χ1n) is 8.15. The smallest absolute Gasteiger partial charge is 0.257 e. The molecule has 6 heteroatoms. The van der Waals surface area contributed by atoms with Gasteiger partial charge in [-0.05, 0) is 45.7 Å². The normalized spacial score (nSPS) is 18.2. The van der Waals surface area contributed by atoms with Crippen LogP contribution in [0, 0.1) is 5.92 Å². The summed E-state index contributed by atoms with van der Waals surface area (Å²) in [6, 6.07) is 0. The lowest BCUT2D eigenvalue weighted by Crippen LogP contribution is -2.40. The molecule has 0 amide bonds. The zero-order chi connectivity index (χ0) is 15.9. The number of anilines is 1. The molecule has 1 saturated heterocycles. The Balaban J connectivity index is 1.87. The van der Waals surface area contributed by atoms with Gasteiger partial charge in [-0.3, -0.25) is 0 Å². The molecule has 1 N–H and O–H groups in total. The molecule has 1 fully saturated rings. The third kappa shape index (κ3) is 4.81. The fourth-order valence-electron chi connectivity index (χ4n) is 3.02. The predicted octanol–water partition coefficient (Wildman–Crippen LogP) is 1.40. The van der Waals surface area contributed by atoms with Crippen LogP contribution in [0.25, 0.3) is 0 Å². The summed E-state index contributed by atoms with van der Waals surface area (Å²) in [7, 11) is 2.05. The molecular formula is C16H28N4O2. The zero-order valence-electron chi connectivity index (χ0n) is 13.9. The van der Waals surface area contributed by atoms with E-state index < -0.39 is 0 Å². The van der Waals surface area contributed by atoms with E-state index in [0.717, 1.165) is 44.8 Å². The Labute approximate surface area is 133 Å². The molecule has 2 rings (SSSR count). The van der Waals surface area contributed by atoms with Gasteiger partial charge in [-0.1, -0.05) is 0 Å². The molecule has 1 atom stereocenters. The van der Waals surface area contributed by atoms with E-state index in [0.29, 0.717) is 18.4 Å². The maximum atomic E-state index is 9.47. The highest BCUT2D eigenvalue weighted by atomic mass is 16.5. The van der Waals surface area contributed by atoms with Crippen LogP contribution in [0.4, 0.5) is 5.82 Å². The summed E-state index contributed by atoms with van der Waals surface area (Å²) in [5.74, 6) is 2.07. The minimum atomic E-state index is -0.243. The third-order valence-electron chi connectivity index (χ3n) is 4.05. The van der Waals surface area contributed by atoms with E-state index in [2.05, 4.69) is 26.8 Å². The number of likely N-dealkylation sites (tertiary alicyclic amines) is 1. The van der Waals surface area contributed by atoms with Gasteiger partial charge in [-0.15, -0.1) is 0 Å². The highest BCUT2D eigenvalue weighted by Gasteiger charge is 2.22. The SMILES string of the molecule is CCOc1nccnc1N(C)CC1CCN(CC(C)O)CC1. The number of hydrogen-bond donors (Lipinski definition) is 1. The van der Waals surface area contributed by atoms with E-state index in [1.807, 2.05) is 13.8 Å². The molecule has 0 bridgehead atoms. The van der Waals surface area contributed by atoms with Crippen molar-refractivity contribution in [3.8, 4) is 5.88 Å². The summed E-state index contributed by atoms with van der Waals surface area (Å²) in [5, 5.41) is 9.47. The van der Waals surface area contributed by atoms with Gasteiger partial charge in [-0.2, -0.15) is 0 Å². The van der Waals surface area contributed by atoms with E-state index in [1.54, 1.807) is 12.4 Å². The van der Waals surface area contributed by atoms with Crippen molar-refractivity contribution in [3.63, 3.8) is 0 Å². The Hall–Kier alpha value is -1.40. The third-order valence-corrected chi connectivity index (χ3v) is 4.05. The Bertz CT molecular complexity index is 448. The summed E-state index contributed by atoms with van der Waals surface area (Å²) in [5.41, 5.74) is 0. The van der Waals surface area contributed by atoms with Crippen LogP contribution in [0.15, 0.2) is 12.4 Å². The van der Waals surface area contributed by atoms with Gasteiger partial charge < -0.3 is 19.6 Å². The average Bonchev–Trinajstić information content (AvgIpc) is 2.49. The second-order valence-electron chi connectivity index (χ2n) is 6.09. The average molecular weight is 308 g/mol. The minimum absolute atomic E-state index is 0.243. The number of ether oxygens (including phenoxy) is 1. The molecule has 0 aliphatic carbocycles. The molecule has 22 heavy (non-hydrogen) atoms. The van der Waals surface area contributed by atoms with Crippen LogP contribution in [-0.2, 0) is 0 Å². The highest BCUT2D eigenvalue weighted by molar-refractivity contribution is 5.46. The van der Waals surface area contributed by atoms with Crippen molar-refractivity contribution in [1.82, 2.24) is 14.9 Å². The van der Waals surface area contributed by atoms with Crippen molar-refractivity contribution in [2.45, 2.75) is 32.8 Å². The number of aliphatic hydroxyl groups excluding tert-OH is 1. The van der Waals surface area contributed by atoms with Crippen molar-refractivity contribution < 1.29 is 9.84 Å². The quantitative estimate of drug-likeness (QED) is 0.822. The van der Waals surface area contributed by atoms with Gasteiger partial charge in [0.2, 0.25) is 0 Å². The van der Waals surface area contributed by atoms with Crippen LogP contribution in [0.3, 0.4) is 0 Å². The molecular weight excluding hydrogens is 280 g/mol. The van der Waals surface area contributed by atoms with Gasteiger partial charge in [-0.25, -0.2) is 9.97 Å².